The van der Waals surface area contributed by atoms with Gasteiger partial charge in [0.1, 0.15) is 0 Å². The molecule has 1 saturated heterocycles. The zero-order valence-electron chi connectivity index (χ0n) is 14.2. The van der Waals surface area contributed by atoms with Crippen LogP contribution in [0.1, 0.15) is 44.6 Å². The van der Waals surface area contributed by atoms with Gasteiger partial charge < -0.3 is 16.0 Å². The number of amides is 2. The minimum absolute atomic E-state index is 0. The Morgan fingerprint density at radius 2 is 1.92 bits per heavy atom. The number of fused-ring (bicyclic) bond motifs is 1. The first-order valence-corrected chi connectivity index (χ1v) is 8.48. The van der Waals surface area contributed by atoms with Crippen molar-refractivity contribution in [2.45, 2.75) is 58.0 Å². The van der Waals surface area contributed by atoms with Gasteiger partial charge in [0.25, 0.3) is 0 Å². The van der Waals surface area contributed by atoms with Gasteiger partial charge in [0, 0.05) is 24.3 Å². The van der Waals surface area contributed by atoms with Gasteiger partial charge in [-0.2, -0.15) is 0 Å². The van der Waals surface area contributed by atoms with E-state index in [1.54, 1.807) is 0 Å². The number of carbonyl (C=O) groups excluding carboxylic acids is 2. The molecule has 5 nitrogen and oxygen atoms in total. The summed E-state index contributed by atoms with van der Waals surface area (Å²) in [4.78, 5) is 23.8. The van der Waals surface area contributed by atoms with Crippen LogP contribution in [0.15, 0.2) is 18.2 Å². The molecule has 0 bridgehead atoms. The summed E-state index contributed by atoms with van der Waals surface area (Å²) in [6.07, 6.45) is 5.90. The van der Waals surface area contributed by atoms with Crippen molar-refractivity contribution in [2.75, 3.05) is 10.6 Å². The first-order chi connectivity index (χ1) is 11.0. The van der Waals surface area contributed by atoms with E-state index in [9.17, 15) is 9.59 Å². The van der Waals surface area contributed by atoms with Gasteiger partial charge in [-0.3, -0.25) is 9.59 Å². The van der Waals surface area contributed by atoms with Crippen molar-refractivity contribution < 1.29 is 9.59 Å². The van der Waals surface area contributed by atoms with E-state index in [1.165, 1.54) is 32.6 Å². The quantitative estimate of drug-likeness (QED) is 0.783. The Morgan fingerprint density at radius 1 is 1.17 bits per heavy atom. The monoisotopic (exact) mass is 351 g/mol. The Hall–Kier alpha value is -1.59. The van der Waals surface area contributed by atoms with Crippen molar-refractivity contribution in [1.82, 2.24) is 5.32 Å². The van der Waals surface area contributed by atoms with E-state index in [0.29, 0.717) is 17.6 Å². The lowest BCUT2D eigenvalue weighted by Crippen LogP contribution is -2.40. The van der Waals surface area contributed by atoms with E-state index in [0.717, 1.165) is 17.7 Å². The fourth-order valence-corrected chi connectivity index (χ4v) is 3.78. The molecule has 1 saturated carbocycles. The molecule has 3 N–H and O–H groups in total. The van der Waals surface area contributed by atoms with Gasteiger partial charge in [-0.1, -0.05) is 18.9 Å². The molecule has 0 aromatic heterocycles. The molecular weight excluding hydrogens is 326 g/mol. The highest BCUT2D eigenvalue weighted by molar-refractivity contribution is 5.97. The molecule has 1 aliphatic heterocycles. The second kappa shape index (κ2) is 7.99. The van der Waals surface area contributed by atoms with Crippen molar-refractivity contribution in [3.8, 4) is 0 Å². The fourth-order valence-electron chi connectivity index (χ4n) is 3.78. The van der Waals surface area contributed by atoms with E-state index in [2.05, 4.69) is 16.0 Å². The molecule has 0 radical (unpaired) electrons. The first kappa shape index (κ1) is 18.7. The summed E-state index contributed by atoms with van der Waals surface area (Å²) in [6.45, 7) is 3.43. The molecule has 1 aliphatic carbocycles. The van der Waals surface area contributed by atoms with Crippen LogP contribution >= 0.6 is 12.4 Å². The molecule has 1 heterocycles. The molecule has 2 amide bonds. The van der Waals surface area contributed by atoms with Gasteiger partial charge in [-0.15, -0.1) is 12.4 Å². The number of nitrogens with one attached hydrogen (secondary N) is 3. The maximum atomic E-state index is 12.6. The number of carbonyl (C=O) groups is 2. The number of rotatable bonds is 3. The fraction of sp³-hybridized carbons (Fsp3) is 0.556. The third-order valence-electron chi connectivity index (χ3n) is 5.00. The third-order valence-corrected chi connectivity index (χ3v) is 5.00. The second-order valence-corrected chi connectivity index (χ2v) is 6.81. The molecule has 0 spiro atoms. The molecule has 3 unspecified atom stereocenters. The normalized spacial score (nSPS) is 25.3. The summed E-state index contributed by atoms with van der Waals surface area (Å²) < 4.78 is 0. The maximum absolute atomic E-state index is 12.6. The number of halogens is 1. The van der Waals surface area contributed by atoms with E-state index < -0.39 is 0 Å². The van der Waals surface area contributed by atoms with E-state index in [1.807, 2.05) is 25.1 Å². The SMILES string of the molecule is CC(=O)Nc1ccc(C)c(NC(=O)C2CC3CCCCC3N2)c1.Cl. The smallest absolute Gasteiger partial charge is 0.241 e. The molecule has 2 fully saturated rings. The molecule has 6 heteroatoms. The largest absolute Gasteiger partial charge is 0.326 e. The summed E-state index contributed by atoms with van der Waals surface area (Å²) in [6, 6.07) is 5.96. The predicted octanol–water partition coefficient (Wildman–Crippen LogP) is 3.23. The predicted molar refractivity (Wildman–Crippen MR) is 98.6 cm³/mol. The van der Waals surface area contributed by atoms with Crippen LogP contribution in [0, 0.1) is 12.8 Å². The first-order valence-electron chi connectivity index (χ1n) is 8.48. The second-order valence-electron chi connectivity index (χ2n) is 6.81. The average molecular weight is 352 g/mol. The van der Waals surface area contributed by atoms with E-state index in [4.69, 9.17) is 0 Å². The lowest BCUT2D eigenvalue weighted by Gasteiger charge is -2.24. The Balaban J connectivity index is 0.00000208. The van der Waals surface area contributed by atoms with Crippen LogP contribution < -0.4 is 16.0 Å². The van der Waals surface area contributed by atoms with Gasteiger partial charge in [0.05, 0.1) is 6.04 Å². The van der Waals surface area contributed by atoms with Crippen molar-refractivity contribution in [3.63, 3.8) is 0 Å². The summed E-state index contributed by atoms with van der Waals surface area (Å²) in [5, 5.41) is 9.27. The number of anilines is 2. The van der Waals surface area contributed by atoms with E-state index in [-0.39, 0.29) is 30.3 Å². The molecule has 3 rings (SSSR count). The molecule has 1 aromatic carbocycles. The Labute approximate surface area is 149 Å². The van der Waals surface area contributed by atoms with Gasteiger partial charge in [0.2, 0.25) is 11.8 Å². The van der Waals surface area contributed by atoms with Crippen molar-refractivity contribution in [2.24, 2.45) is 5.92 Å². The topological polar surface area (TPSA) is 70.2 Å². The van der Waals surface area contributed by atoms with Crippen LogP contribution in [0.5, 0.6) is 0 Å². The Morgan fingerprint density at radius 3 is 2.62 bits per heavy atom. The average Bonchev–Trinajstić information content (AvgIpc) is 2.94. The third kappa shape index (κ3) is 4.28. The standard InChI is InChI=1S/C18H25N3O2.ClH/c1-11-7-8-14(19-12(2)22)10-16(11)21-18(23)17-9-13-5-3-4-6-15(13)20-17;/h7-8,10,13,15,17,20H,3-6,9H2,1-2H3,(H,19,22)(H,21,23);1H. The lowest BCUT2D eigenvalue weighted by molar-refractivity contribution is -0.118. The summed E-state index contributed by atoms with van der Waals surface area (Å²) in [5.74, 6) is 0.557. The van der Waals surface area contributed by atoms with Crippen LogP contribution in [0.4, 0.5) is 11.4 Å². The molecule has 1 aromatic rings. The van der Waals surface area contributed by atoms with Crippen molar-refractivity contribution >= 4 is 35.6 Å². The molecule has 3 atom stereocenters. The van der Waals surface area contributed by atoms with Crippen LogP contribution in [0.25, 0.3) is 0 Å². The van der Waals surface area contributed by atoms with Crippen LogP contribution in [0.2, 0.25) is 0 Å². The van der Waals surface area contributed by atoms with Gasteiger partial charge >= 0.3 is 0 Å². The lowest BCUT2D eigenvalue weighted by atomic mass is 9.85. The zero-order chi connectivity index (χ0) is 16.4. The zero-order valence-corrected chi connectivity index (χ0v) is 15.0. The van der Waals surface area contributed by atoms with Crippen molar-refractivity contribution in [1.29, 1.82) is 0 Å². The minimum Gasteiger partial charge on any atom is -0.326 e. The summed E-state index contributed by atoms with van der Waals surface area (Å²) >= 11 is 0. The van der Waals surface area contributed by atoms with Gasteiger partial charge in [-0.05, 0) is 49.8 Å². The highest BCUT2D eigenvalue weighted by Gasteiger charge is 2.38. The maximum Gasteiger partial charge on any atom is 0.241 e. The van der Waals surface area contributed by atoms with Crippen molar-refractivity contribution in [3.05, 3.63) is 23.8 Å². The van der Waals surface area contributed by atoms with Gasteiger partial charge in [0.15, 0.2) is 0 Å². The number of hydrogen-bond acceptors (Lipinski definition) is 3. The molecular formula is C18H26ClN3O2. The Kier molecular flexibility index (Phi) is 6.24. The Bertz CT molecular complexity index is 606. The molecule has 2 aliphatic rings. The highest BCUT2D eigenvalue weighted by atomic mass is 35.5. The summed E-state index contributed by atoms with van der Waals surface area (Å²) in [7, 11) is 0. The number of hydrogen-bond donors (Lipinski definition) is 3. The van der Waals surface area contributed by atoms with Crippen LogP contribution in [-0.4, -0.2) is 23.9 Å². The summed E-state index contributed by atoms with van der Waals surface area (Å²) in [5.41, 5.74) is 2.45. The van der Waals surface area contributed by atoms with E-state index >= 15 is 0 Å². The van der Waals surface area contributed by atoms with Crippen LogP contribution in [-0.2, 0) is 9.59 Å². The molecule has 132 valence electrons. The number of benzene rings is 1. The minimum atomic E-state index is -0.118. The molecule has 24 heavy (non-hydrogen) atoms. The van der Waals surface area contributed by atoms with Gasteiger partial charge in [-0.25, -0.2) is 0 Å². The van der Waals surface area contributed by atoms with Crippen LogP contribution in [0.3, 0.4) is 0 Å². The number of aryl methyl sites for hydroxylation is 1. The highest BCUT2D eigenvalue weighted by Crippen LogP contribution is 2.33.